The first-order valence-electron chi connectivity index (χ1n) is 2.54. The molecule has 4 heteroatoms. The first kappa shape index (κ1) is 6.61. The van der Waals surface area contributed by atoms with Crippen LogP contribution in [0.5, 0.6) is 0 Å². The third-order valence-electron chi connectivity index (χ3n) is 1.16. The van der Waals surface area contributed by atoms with Crippen LogP contribution >= 0.6 is 15.9 Å². The average Bonchev–Trinajstić information content (AvgIpc) is 1.98. The number of rotatable bonds is 0. The largest absolute Gasteiger partial charge is 0.299 e. The van der Waals surface area contributed by atoms with E-state index in [1.807, 2.05) is 6.92 Å². The number of aryl methyl sites for hydroxylation is 2. The number of hydrogen-bond donors (Lipinski definition) is 1. The quantitative estimate of drug-likeness (QED) is 0.646. The van der Waals surface area contributed by atoms with Gasteiger partial charge >= 0.3 is 0 Å². The number of nitrogens with one attached hydrogen (secondary N) is 1. The van der Waals surface area contributed by atoms with Crippen LogP contribution in [0.2, 0.25) is 0 Å². The Morgan fingerprint density at radius 3 is 2.33 bits per heavy atom. The molecule has 0 unspecified atom stereocenters. The third-order valence-corrected chi connectivity index (χ3v) is 2.09. The zero-order valence-corrected chi connectivity index (χ0v) is 6.82. The number of H-pyrrole nitrogens is 1. The summed E-state index contributed by atoms with van der Waals surface area (Å²) in [6.07, 6.45) is 0. The van der Waals surface area contributed by atoms with Crippen molar-refractivity contribution in [2.24, 2.45) is 7.05 Å². The molecule has 0 saturated carbocycles. The monoisotopic (exact) mass is 190 g/mol. The second-order valence-electron chi connectivity index (χ2n) is 1.91. The van der Waals surface area contributed by atoms with Crippen LogP contribution in [0.4, 0.5) is 0 Å². The fourth-order valence-electron chi connectivity index (χ4n) is 0.659. The molecule has 0 atom stereocenters. The molecule has 1 N–H and O–H groups in total. The Labute approximate surface area is 60.8 Å². The molecule has 9 heavy (non-hydrogen) atoms. The van der Waals surface area contributed by atoms with Crippen molar-refractivity contribution in [1.82, 2.24) is 9.78 Å². The van der Waals surface area contributed by atoms with Crippen LogP contribution in [0.3, 0.4) is 0 Å². The van der Waals surface area contributed by atoms with Gasteiger partial charge in [-0.25, -0.2) is 0 Å². The standard InChI is InChI=1S/C5H7BrN2O/c1-3-4(6)5(9)8(2)7-3/h7H,1-2H3. The van der Waals surface area contributed by atoms with Gasteiger partial charge in [-0.05, 0) is 22.9 Å². The zero-order valence-electron chi connectivity index (χ0n) is 5.23. The van der Waals surface area contributed by atoms with Crippen molar-refractivity contribution < 1.29 is 0 Å². The molecule has 50 valence electrons. The fraction of sp³-hybridized carbons (Fsp3) is 0.400. The average molecular weight is 191 g/mol. The molecule has 1 aromatic heterocycles. The molecule has 0 spiro atoms. The Balaban J connectivity index is 3.48. The SMILES string of the molecule is Cc1[nH]n(C)c(=O)c1Br. The summed E-state index contributed by atoms with van der Waals surface area (Å²) in [5.74, 6) is 0. The summed E-state index contributed by atoms with van der Waals surface area (Å²) in [4.78, 5) is 10.9. The Bertz CT molecular complexity index is 273. The lowest BCUT2D eigenvalue weighted by Crippen LogP contribution is -2.11. The van der Waals surface area contributed by atoms with Gasteiger partial charge in [0.25, 0.3) is 5.56 Å². The minimum absolute atomic E-state index is 0.0208. The lowest BCUT2D eigenvalue weighted by Gasteiger charge is -1.82. The van der Waals surface area contributed by atoms with Crippen LogP contribution in [0.15, 0.2) is 9.27 Å². The van der Waals surface area contributed by atoms with E-state index in [0.717, 1.165) is 5.69 Å². The number of aromatic nitrogens is 2. The summed E-state index contributed by atoms with van der Waals surface area (Å²) in [5.41, 5.74) is 0.843. The van der Waals surface area contributed by atoms with E-state index in [4.69, 9.17) is 0 Å². The van der Waals surface area contributed by atoms with E-state index in [0.29, 0.717) is 4.47 Å². The summed E-state index contributed by atoms with van der Waals surface area (Å²) >= 11 is 3.14. The minimum atomic E-state index is -0.0208. The van der Waals surface area contributed by atoms with Gasteiger partial charge < -0.3 is 0 Å². The molecule has 0 fully saturated rings. The maximum atomic E-state index is 10.9. The Hall–Kier alpha value is -0.510. The summed E-state index contributed by atoms with van der Waals surface area (Å²) in [6, 6.07) is 0. The number of halogens is 1. The lowest BCUT2D eigenvalue weighted by atomic mass is 10.5. The van der Waals surface area contributed by atoms with Crippen LogP contribution in [-0.4, -0.2) is 9.78 Å². The molecule has 0 aliphatic heterocycles. The highest BCUT2D eigenvalue weighted by Gasteiger charge is 2.02. The van der Waals surface area contributed by atoms with E-state index in [1.54, 1.807) is 7.05 Å². The van der Waals surface area contributed by atoms with E-state index in [2.05, 4.69) is 21.0 Å². The van der Waals surface area contributed by atoms with Crippen LogP contribution in [0.25, 0.3) is 0 Å². The molecule has 0 aromatic carbocycles. The van der Waals surface area contributed by atoms with Crippen molar-refractivity contribution in [2.75, 3.05) is 0 Å². The highest BCUT2D eigenvalue weighted by atomic mass is 79.9. The van der Waals surface area contributed by atoms with Crippen molar-refractivity contribution in [1.29, 1.82) is 0 Å². The zero-order chi connectivity index (χ0) is 7.02. The maximum absolute atomic E-state index is 10.9. The van der Waals surface area contributed by atoms with E-state index < -0.39 is 0 Å². The molecule has 3 nitrogen and oxygen atoms in total. The lowest BCUT2D eigenvalue weighted by molar-refractivity contribution is 0.730. The first-order valence-corrected chi connectivity index (χ1v) is 3.33. The maximum Gasteiger partial charge on any atom is 0.280 e. The van der Waals surface area contributed by atoms with E-state index in [9.17, 15) is 4.79 Å². The molecular weight excluding hydrogens is 184 g/mol. The van der Waals surface area contributed by atoms with Crippen LogP contribution in [0, 0.1) is 6.92 Å². The van der Waals surface area contributed by atoms with Gasteiger partial charge in [0.15, 0.2) is 0 Å². The molecule has 0 radical (unpaired) electrons. The van der Waals surface area contributed by atoms with Gasteiger partial charge in [-0.2, -0.15) is 0 Å². The second kappa shape index (κ2) is 2.02. The smallest absolute Gasteiger partial charge is 0.280 e. The molecule has 0 saturated heterocycles. The summed E-state index contributed by atoms with van der Waals surface area (Å²) < 4.78 is 2.05. The van der Waals surface area contributed by atoms with Crippen LogP contribution in [-0.2, 0) is 7.05 Å². The number of aromatic amines is 1. The van der Waals surface area contributed by atoms with Crippen molar-refractivity contribution in [3.8, 4) is 0 Å². The Morgan fingerprint density at radius 1 is 1.67 bits per heavy atom. The van der Waals surface area contributed by atoms with Crippen molar-refractivity contribution >= 4 is 15.9 Å². The summed E-state index contributed by atoms with van der Waals surface area (Å²) in [5, 5.41) is 2.83. The van der Waals surface area contributed by atoms with E-state index in [-0.39, 0.29) is 5.56 Å². The molecule has 1 rings (SSSR count). The summed E-state index contributed by atoms with van der Waals surface area (Å²) in [7, 11) is 1.68. The van der Waals surface area contributed by atoms with Crippen molar-refractivity contribution in [3.05, 3.63) is 20.5 Å². The summed E-state index contributed by atoms with van der Waals surface area (Å²) in [6.45, 7) is 1.84. The molecule has 1 aromatic rings. The van der Waals surface area contributed by atoms with Gasteiger partial charge in [0.1, 0.15) is 4.47 Å². The van der Waals surface area contributed by atoms with Gasteiger partial charge in [0.05, 0.1) is 0 Å². The molecule has 0 bridgehead atoms. The van der Waals surface area contributed by atoms with E-state index in [1.165, 1.54) is 4.68 Å². The van der Waals surface area contributed by atoms with Gasteiger partial charge in [-0.1, -0.05) is 0 Å². The first-order chi connectivity index (χ1) is 4.13. The van der Waals surface area contributed by atoms with Gasteiger partial charge in [0.2, 0.25) is 0 Å². The normalized spacial score (nSPS) is 10.1. The minimum Gasteiger partial charge on any atom is -0.299 e. The van der Waals surface area contributed by atoms with Gasteiger partial charge in [-0.3, -0.25) is 14.6 Å². The molecule has 0 aliphatic carbocycles. The number of nitrogens with zero attached hydrogens (tertiary/aromatic N) is 1. The Kier molecular flexibility index (Phi) is 1.48. The highest BCUT2D eigenvalue weighted by Crippen LogP contribution is 2.05. The molecule has 1 heterocycles. The highest BCUT2D eigenvalue weighted by molar-refractivity contribution is 9.10. The molecular formula is C5H7BrN2O. The number of hydrogen-bond acceptors (Lipinski definition) is 1. The van der Waals surface area contributed by atoms with Gasteiger partial charge in [-0.15, -0.1) is 0 Å². The van der Waals surface area contributed by atoms with Crippen molar-refractivity contribution in [2.45, 2.75) is 6.92 Å². The predicted octanol–water partition coefficient (Wildman–Crippen LogP) is 0.784. The van der Waals surface area contributed by atoms with E-state index >= 15 is 0 Å². The Morgan fingerprint density at radius 2 is 2.22 bits per heavy atom. The van der Waals surface area contributed by atoms with Crippen LogP contribution < -0.4 is 5.56 Å². The fourth-order valence-corrected chi connectivity index (χ4v) is 1.01. The third kappa shape index (κ3) is 0.941. The molecule has 0 aliphatic rings. The second-order valence-corrected chi connectivity index (χ2v) is 2.71. The predicted molar refractivity (Wildman–Crippen MR) is 38.5 cm³/mol. The van der Waals surface area contributed by atoms with Crippen LogP contribution in [0.1, 0.15) is 5.69 Å². The van der Waals surface area contributed by atoms with Crippen molar-refractivity contribution in [3.63, 3.8) is 0 Å². The van der Waals surface area contributed by atoms with Gasteiger partial charge in [0, 0.05) is 12.7 Å². The topological polar surface area (TPSA) is 37.8 Å². The molecule has 0 amide bonds.